The Morgan fingerprint density at radius 3 is 1.59 bits per heavy atom. The first kappa shape index (κ1) is 14.2. The molecule has 0 aliphatic carbocycles. The average molecular weight is 294 g/mol. The third kappa shape index (κ3) is 2.98. The van der Waals surface area contributed by atoms with Crippen molar-refractivity contribution in [2.45, 2.75) is 13.2 Å². The highest BCUT2D eigenvalue weighted by Gasteiger charge is 2.07. The van der Waals surface area contributed by atoms with Crippen LogP contribution in [-0.2, 0) is 13.2 Å². The molecule has 0 atom stereocenters. The van der Waals surface area contributed by atoms with E-state index >= 15 is 0 Å². The zero-order valence-electron chi connectivity index (χ0n) is 11.7. The van der Waals surface area contributed by atoms with E-state index in [1.165, 1.54) is 0 Å². The minimum Gasteiger partial charge on any atom is -0.390 e. The molecule has 110 valence electrons. The Morgan fingerprint density at radius 2 is 1.14 bits per heavy atom. The molecule has 0 spiro atoms. The van der Waals surface area contributed by atoms with Gasteiger partial charge in [-0.25, -0.2) is 15.0 Å². The molecule has 0 amide bonds. The van der Waals surface area contributed by atoms with Crippen LogP contribution in [0.3, 0.4) is 0 Å². The second kappa shape index (κ2) is 6.38. The number of rotatable bonds is 4. The fraction of sp³-hybridized carbons (Fsp3) is 0.125. The van der Waals surface area contributed by atoms with Gasteiger partial charge >= 0.3 is 0 Å². The van der Waals surface area contributed by atoms with Gasteiger partial charge in [0, 0.05) is 0 Å². The minimum absolute atomic E-state index is 0.124. The number of aliphatic hydroxyl groups is 2. The normalized spacial score (nSPS) is 10.6. The van der Waals surface area contributed by atoms with Crippen LogP contribution in [0, 0.1) is 0 Å². The van der Waals surface area contributed by atoms with E-state index in [0.717, 1.165) is 0 Å². The topological polar surface area (TPSA) is 92.0 Å². The molecule has 0 aliphatic rings. The van der Waals surface area contributed by atoms with E-state index in [0.29, 0.717) is 34.2 Å². The van der Waals surface area contributed by atoms with E-state index in [9.17, 15) is 0 Å². The predicted molar refractivity (Wildman–Crippen MR) is 80.3 cm³/mol. The summed E-state index contributed by atoms with van der Waals surface area (Å²) in [6, 6.07) is 10.7. The molecule has 22 heavy (non-hydrogen) atoms. The van der Waals surface area contributed by atoms with Gasteiger partial charge in [0.1, 0.15) is 11.4 Å². The maximum absolute atomic E-state index is 9.17. The van der Waals surface area contributed by atoms with Gasteiger partial charge in [0.15, 0.2) is 0 Å². The highest BCUT2D eigenvalue weighted by atomic mass is 16.3. The number of hydrogen-bond acceptors (Lipinski definition) is 6. The number of pyridine rings is 2. The summed E-state index contributed by atoms with van der Waals surface area (Å²) in [7, 11) is 0. The van der Waals surface area contributed by atoms with Crippen molar-refractivity contribution in [3.63, 3.8) is 0 Å². The number of aliphatic hydroxyl groups excluding tert-OH is 2. The summed E-state index contributed by atoms with van der Waals surface area (Å²) in [6.45, 7) is -0.248. The van der Waals surface area contributed by atoms with Gasteiger partial charge in [-0.3, -0.25) is 4.98 Å². The average Bonchev–Trinajstić information content (AvgIpc) is 2.62. The van der Waals surface area contributed by atoms with Gasteiger partial charge in [0.05, 0.1) is 48.4 Å². The molecule has 3 aromatic heterocycles. The summed E-state index contributed by atoms with van der Waals surface area (Å²) in [4.78, 5) is 17.3. The van der Waals surface area contributed by atoms with Crippen LogP contribution < -0.4 is 0 Å². The van der Waals surface area contributed by atoms with Gasteiger partial charge in [-0.15, -0.1) is 0 Å². The van der Waals surface area contributed by atoms with Crippen LogP contribution in [0.5, 0.6) is 0 Å². The van der Waals surface area contributed by atoms with Crippen molar-refractivity contribution in [3.05, 3.63) is 60.2 Å². The van der Waals surface area contributed by atoms with Crippen molar-refractivity contribution in [2.24, 2.45) is 0 Å². The van der Waals surface area contributed by atoms with Gasteiger partial charge in [-0.2, -0.15) is 0 Å². The predicted octanol–water partition coefficient (Wildman–Crippen LogP) is 1.59. The van der Waals surface area contributed by atoms with Crippen LogP contribution in [0.25, 0.3) is 22.8 Å². The standard InChI is InChI=1S/C16H14N4O2/c21-9-11-3-1-5-13(18-11)15-7-17-8-16(20-15)14-6-2-4-12(10-22)19-14/h1-8,21-22H,9-10H2. The van der Waals surface area contributed by atoms with Crippen molar-refractivity contribution >= 4 is 0 Å². The molecular formula is C16H14N4O2. The van der Waals surface area contributed by atoms with Gasteiger partial charge in [-0.05, 0) is 24.3 Å². The zero-order chi connectivity index (χ0) is 15.4. The molecule has 2 N–H and O–H groups in total. The highest BCUT2D eigenvalue weighted by molar-refractivity contribution is 5.60. The Balaban J connectivity index is 2.01. The Hall–Kier alpha value is -2.70. The molecule has 0 radical (unpaired) electrons. The summed E-state index contributed by atoms with van der Waals surface area (Å²) in [6.07, 6.45) is 3.23. The molecule has 6 heteroatoms. The minimum atomic E-state index is -0.124. The van der Waals surface area contributed by atoms with Crippen molar-refractivity contribution in [1.82, 2.24) is 19.9 Å². The van der Waals surface area contributed by atoms with Crippen LogP contribution in [0.4, 0.5) is 0 Å². The summed E-state index contributed by atoms with van der Waals surface area (Å²) in [5.41, 5.74) is 3.63. The molecule has 0 aliphatic heterocycles. The fourth-order valence-electron chi connectivity index (χ4n) is 2.03. The molecule has 6 nitrogen and oxygen atoms in total. The van der Waals surface area contributed by atoms with E-state index in [-0.39, 0.29) is 13.2 Å². The first-order chi connectivity index (χ1) is 10.8. The van der Waals surface area contributed by atoms with E-state index < -0.39 is 0 Å². The van der Waals surface area contributed by atoms with Crippen molar-refractivity contribution in [3.8, 4) is 22.8 Å². The third-order valence-corrected chi connectivity index (χ3v) is 3.10. The molecule has 0 unspecified atom stereocenters. The molecular weight excluding hydrogens is 280 g/mol. The molecule has 0 fully saturated rings. The number of hydrogen-bond donors (Lipinski definition) is 2. The molecule has 3 aromatic rings. The zero-order valence-corrected chi connectivity index (χ0v) is 11.7. The second-order valence-electron chi connectivity index (χ2n) is 4.63. The summed E-state index contributed by atoms with van der Waals surface area (Å²) >= 11 is 0. The lowest BCUT2D eigenvalue weighted by atomic mass is 10.2. The van der Waals surface area contributed by atoms with Crippen LogP contribution in [0.15, 0.2) is 48.8 Å². The van der Waals surface area contributed by atoms with E-state index in [4.69, 9.17) is 10.2 Å². The van der Waals surface area contributed by atoms with Crippen molar-refractivity contribution < 1.29 is 10.2 Å². The first-order valence-electron chi connectivity index (χ1n) is 6.76. The number of aromatic nitrogens is 4. The van der Waals surface area contributed by atoms with Gasteiger partial charge in [0.2, 0.25) is 0 Å². The van der Waals surface area contributed by atoms with Crippen LogP contribution in [-0.4, -0.2) is 30.1 Å². The Morgan fingerprint density at radius 1 is 0.636 bits per heavy atom. The quantitative estimate of drug-likeness (QED) is 0.759. The lowest BCUT2D eigenvalue weighted by Gasteiger charge is -2.05. The molecule has 0 bridgehead atoms. The van der Waals surface area contributed by atoms with Gasteiger partial charge in [-0.1, -0.05) is 12.1 Å². The maximum atomic E-state index is 9.17. The molecule has 3 rings (SSSR count). The van der Waals surface area contributed by atoms with Crippen LogP contribution in [0.2, 0.25) is 0 Å². The third-order valence-electron chi connectivity index (χ3n) is 3.10. The highest BCUT2D eigenvalue weighted by Crippen LogP contribution is 2.19. The Bertz CT molecular complexity index is 730. The van der Waals surface area contributed by atoms with E-state index in [1.54, 1.807) is 24.5 Å². The lowest BCUT2D eigenvalue weighted by molar-refractivity contribution is 0.277. The molecule has 3 heterocycles. The molecule has 0 saturated carbocycles. The summed E-state index contributed by atoms with van der Waals surface area (Å²) in [5.74, 6) is 0. The summed E-state index contributed by atoms with van der Waals surface area (Å²) < 4.78 is 0. The summed E-state index contributed by atoms with van der Waals surface area (Å²) in [5, 5.41) is 18.3. The second-order valence-corrected chi connectivity index (χ2v) is 4.63. The van der Waals surface area contributed by atoms with Gasteiger partial charge < -0.3 is 10.2 Å². The van der Waals surface area contributed by atoms with Crippen molar-refractivity contribution in [1.29, 1.82) is 0 Å². The fourth-order valence-corrected chi connectivity index (χ4v) is 2.03. The maximum Gasteiger partial charge on any atom is 0.108 e. The van der Waals surface area contributed by atoms with E-state index in [2.05, 4.69) is 19.9 Å². The van der Waals surface area contributed by atoms with Crippen molar-refractivity contribution in [2.75, 3.05) is 0 Å². The van der Waals surface area contributed by atoms with Gasteiger partial charge in [0.25, 0.3) is 0 Å². The smallest absolute Gasteiger partial charge is 0.108 e. The number of nitrogens with zero attached hydrogens (tertiary/aromatic N) is 4. The Labute approximate surface area is 127 Å². The first-order valence-corrected chi connectivity index (χ1v) is 6.76. The molecule has 0 saturated heterocycles. The SMILES string of the molecule is OCc1cccc(-c2cncc(-c3cccc(CO)n3)n2)n1. The largest absolute Gasteiger partial charge is 0.390 e. The lowest BCUT2D eigenvalue weighted by Crippen LogP contribution is -1.97. The Kier molecular flexibility index (Phi) is 4.13. The van der Waals surface area contributed by atoms with Crippen LogP contribution in [0.1, 0.15) is 11.4 Å². The van der Waals surface area contributed by atoms with E-state index in [1.807, 2.05) is 24.3 Å². The van der Waals surface area contributed by atoms with Crippen LogP contribution >= 0.6 is 0 Å². The monoisotopic (exact) mass is 294 g/mol. The molecule has 0 aromatic carbocycles.